The van der Waals surface area contributed by atoms with Gasteiger partial charge in [-0.1, -0.05) is 0 Å². The molecule has 0 unspecified atom stereocenters. The van der Waals surface area contributed by atoms with Crippen LogP contribution in [-0.2, 0) is 6.18 Å². The first kappa shape index (κ1) is 13.6. The number of hydrogen-bond acceptors (Lipinski definition) is 3. The number of nitrogens with zero attached hydrogens (tertiary/aromatic N) is 3. The zero-order valence-electron chi connectivity index (χ0n) is 9.72. The molecule has 2 heterocycles. The van der Waals surface area contributed by atoms with Crippen molar-refractivity contribution in [1.29, 1.82) is 5.26 Å². The van der Waals surface area contributed by atoms with Crippen molar-refractivity contribution in [2.24, 2.45) is 0 Å². The van der Waals surface area contributed by atoms with Crippen LogP contribution < -0.4 is 0 Å². The predicted octanol–water partition coefficient (Wildman–Crippen LogP) is 2.46. The normalized spacial score (nSPS) is 11.1. The van der Waals surface area contributed by atoms with E-state index in [-0.39, 0.29) is 11.4 Å². The second-order valence-electron chi connectivity index (χ2n) is 3.78. The molecular weight excluding hydrogens is 275 g/mol. The van der Waals surface area contributed by atoms with Crippen LogP contribution in [0.2, 0.25) is 0 Å². The maximum absolute atomic E-state index is 12.8. The van der Waals surface area contributed by atoms with E-state index < -0.39 is 23.3 Å². The van der Waals surface area contributed by atoms with E-state index in [4.69, 9.17) is 10.4 Å². The third-order valence-electron chi connectivity index (χ3n) is 2.53. The van der Waals surface area contributed by atoms with E-state index in [0.29, 0.717) is 6.20 Å². The fourth-order valence-corrected chi connectivity index (χ4v) is 1.68. The number of aromatic carboxylic acids is 1. The number of halogens is 3. The van der Waals surface area contributed by atoms with Gasteiger partial charge in [0, 0.05) is 18.6 Å². The fraction of sp³-hybridized carbons (Fsp3) is 0.0833. The van der Waals surface area contributed by atoms with Crippen LogP contribution in [0.1, 0.15) is 21.6 Å². The van der Waals surface area contributed by atoms with E-state index in [1.165, 1.54) is 18.3 Å². The molecule has 2 aromatic heterocycles. The standard InChI is InChI=1S/C12H6F3N3O2/c13-12(14,15)8-6-18(5-7(8)11(19)20)10-2-1-3-17-9(10)4-16/h1-3,5-6H,(H,19,20). The number of carbonyl (C=O) groups is 1. The van der Waals surface area contributed by atoms with Crippen LogP contribution in [0.25, 0.3) is 5.69 Å². The molecule has 20 heavy (non-hydrogen) atoms. The summed E-state index contributed by atoms with van der Waals surface area (Å²) < 4.78 is 39.2. The maximum atomic E-state index is 12.8. The van der Waals surface area contributed by atoms with Gasteiger partial charge in [-0.25, -0.2) is 9.78 Å². The number of nitriles is 1. The number of alkyl halides is 3. The monoisotopic (exact) mass is 281 g/mol. The van der Waals surface area contributed by atoms with Gasteiger partial charge in [0.2, 0.25) is 0 Å². The van der Waals surface area contributed by atoms with E-state index in [1.54, 1.807) is 6.07 Å². The smallest absolute Gasteiger partial charge is 0.418 e. The highest BCUT2D eigenvalue weighted by Gasteiger charge is 2.37. The van der Waals surface area contributed by atoms with Crippen LogP contribution in [0, 0.1) is 11.3 Å². The Morgan fingerprint density at radius 1 is 1.40 bits per heavy atom. The van der Waals surface area contributed by atoms with Crippen molar-refractivity contribution in [3.05, 3.63) is 47.5 Å². The highest BCUT2D eigenvalue weighted by Crippen LogP contribution is 2.33. The highest BCUT2D eigenvalue weighted by molar-refractivity contribution is 5.89. The molecule has 0 aliphatic heterocycles. The fourth-order valence-electron chi connectivity index (χ4n) is 1.68. The van der Waals surface area contributed by atoms with Crippen LogP contribution in [0.3, 0.4) is 0 Å². The molecule has 0 amide bonds. The van der Waals surface area contributed by atoms with E-state index in [1.807, 2.05) is 0 Å². The van der Waals surface area contributed by atoms with E-state index in [0.717, 1.165) is 10.8 Å². The molecule has 5 nitrogen and oxygen atoms in total. The minimum absolute atomic E-state index is 0.0769. The summed E-state index contributed by atoms with van der Waals surface area (Å²) >= 11 is 0. The van der Waals surface area contributed by atoms with Crippen molar-refractivity contribution >= 4 is 5.97 Å². The van der Waals surface area contributed by atoms with Gasteiger partial charge in [-0.15, -0.1) is 0 Å². The first-order chi connectivity index (χ1) is 9.34. The first-order valence-corrected chi connectivity index (χ1v) is 5.22. The van der Waals surface area contributed by atoms with Gasteiger partial charge in [-0.05, 0) is 12.1 Å². The molecule has 0 radical (unpaired) electrons. The zero-order chi connectivity index (χ0) is 14.9. The van der Waals surface area contributed by atoms with Gasteiger partial charge < -0.3 is 9.67 Å². The number of carboxylic acid groups (broad SMARTS) is 1. The molecule has 0 spiro atoms. The number of pyridine rings is 1. The summed E-state index contributed by atoms with van der Waals surface area (Å²) in [5, 5.41) is 17.7. The Kier molecular flexibility index (Phi) is 3.19. The molecule has 0 fully saturated rings. The molecule has 102 valence electrons. The largest absolute Gasteiger partial charge is 0.478 e. The summed E-state index contributed by atoms with van der Waals surface area (Å²) in [6.45, 7) is 0. The van der Waals surface area contributed by atoms with Crippen LogP contribution in [0.5, 0.6) is 0 Å². The lowest BCUT2D eigenvalue weighted by Gasteiger charge is -2.05. The Labute approximate surface area is 110 Å². The molecule has 2 aromatic rings. The van der Waals surface area contributed by atoms with Gasteiger partial charge in [0.15, 0.2) is 5.69 Å². The van der Waals surface area contributed by atoms with E-state index in [9.17, 15) is 18.0 Å². The summed E-state index contributed by atoms with van der Waals surface area (Å²) in [6, 6.07) is 4.54. The Balaban J connectivity index is 2.66. The Bertz CT molecular complexity index is 713. The number of hydrogen-bond donors (Lipinski definition) is 1. The van der Waals surface area contributed by atoms with Gasteiger partial charge in [-0.2, -0.15) is 18.4 Å². The molecule has 0 aliphatic carbocycles. The minimum Gasteiger partial charge on any atom is -0.478 e. The average molecular weight is 281 g/mol. The quantitative estimate of drug-likeness (QED) is 0.917. The SMILES string of the molecule is N#Cc1ncccc1-n1cc(C(=O)O)c(C(F)(F)F)c1. The van der Waals surface area contributed by atoms with Crippen molar-refractivity contribution < 1.29 is 23.1 Å². The second kappa shape index (κ2) is 4.70. The summed E-state index contributed by atoms with van der Waals surface area (Å²) in [6.07, 6.45) is -2.05. The molecule has 0 saturated carbocycles. The van der Waals surface area contributed by atoms with Crippen molar-refractivity contribution in [2.45, 2.75) is 6.18 Å². The summed E-state index contributed by atoms with van der Waals surface area (Å²) in [4.78, 5) is 14.6. The summed E-state index contributed by atoms with van der Waals surface area (Å²) in [5.41, 5.74) is -2.19. The lowest BCUT2D eigenvalue weighted by molar-refractivity contribution is -0.138. The molecule has 8 heteroatoms. The number of aromatic nitrogens is 2. The minimum atomic E-state index is -4.80. The van der Waals surface area contributed by atoms with Crippen LogP contribution in [0.15, 0.2) is 30.7 Å². The van der Waals surface area contributed by atoms with Gasteiger partial charge in [0.1, 0.15) is 6.07 Å². The molecule has 0 saturated heterocycles. The Morgan fingerprint density at radius 3 is 2.60 bits per heavy atom. The van der Waals surface area contributed by atoms with Gasteiger partial charge in [-0.3, -0.25) is 0 Å². The topological polar surface area (TPSA) is 78.9 Å². The molecule has 0 bridgehead atoms. The Morgan fingerprint density at radius 2 is 2.10 bits per heavy atom. The van der Waals surface area contributed by atoms with E-state index >= 15 is 0 Å². The van der Waals surface area contributed by atoms with Gasteiger partial charge in [0.05, 0.1) is 16.8 Å². The highest BCUT2D eigenvalue weighted by atomic mass is 19.4. The molecular formula is C12H6F3N3O2. The first-order valence-electron chi connectivity index (χ1n) is 5.22. The maximum Gasteiger partial charge on any atom is 0.418 e. The van der Waals surface area contributed by atoms with Crippen LogP contribution in [0.4, 0.5) is 13.2 Å². The van der Waals surface area contributed by atoms with Gasteiger partial charge >= 0.3 is 12.1 Å². The second-order valence-corrected chi connectivity index (χ2v) is 3.78. The molecule has 0 aromatic carbocycles. The average Bonchev–Trinajstić information content (AvgIpc) is 2.83. The summed E-state index contributed by atoms with van der Waals surface area (Å²) in [7, 11) is 0. The van der Waals surface area contributed by atoms with Crippen LogP contribution >= 0.6 is 0 Å². The van der Waals surface area contributed by atoms with E-state index in [2.05, 4.69) is 4.98 Å². The van der Waals surface area contributed by atoms with Crippen molar-refractivity contribution in [3.63, 3.8) is 0 Å². The van der Waals surface area contributed by atoms with Crippen LogP contribution in [-0.4, -0.2) is 20.6 Å². The predicted molar refractivity (Wildman–Crippen MR) is 60.2 cm³/mol. The van der Waals surface area contributed by atoms with Crippen molar-refractivity contribution in [2.75, 3.05) is 0 Å². The van der Waals surface area contributed by atoms with Gasteiger partial charge in [0.25, 0.3) is 0 Å². The third-order valence-corrected chi connectivity index (χ3v) is 2.53. The van der Waals surface area contributed by atoms with Crippen molar-refractivity contribution in [1.82, 2.24) is 9.55 Å². The number of rotatable bonds is 2. The Hall–Kier alpha value is -2.82. The molecule has 0 aliphatic rings. The van der Waals surface area contributed by atoms with Crippen molar-refractivity contribution in [3.8, 4) is 11.8 Å². The zero-order valence-corrected chi connectivity index (χ0v) is 9.72. The molecule has 0 atom stereocenters. The lowest BCUT2D eigenvalue weighted by atomic mass is 10.2. The summed E-state index contributed by atoms with van der Waals surface area (Å²) in [5.74, 6) is -1.70. The third kappa shape index (κ3) is 2.33. The molecule has 1 N–H and O–H groups in total. The molecule has 2 rings (SSSR count). The number of carboxylic acids is 1. The lowest BCUT2D eigenvalue weighted by Crippen LogP contribution is -2.09.